The molecule has 0 saturated carbocycles. The molecule has 0 radical (unpaired) electrons. The molecule has 1 unspecified atom stereocenters. The van der Waals surface area contributed by atoms with Crippen LogP contribution in [0.25, 0.3) is 0 Å². The van der Waals surface area contributed by atoms with Crippen molar-refractivity contribution in [1.82, 2.24) is 15.1 Å². The number of thioether (sulfide) groups is 1. The number of nitrogens with zero attached hydrogens (tertiary/aromatic N) is 2. The van der Waals surface area contributed by atoms with Gasteiger partial charge in [-0.2, -0.15) is 16.9 Å². The van der Waals surface area contributed by atoms with Gasteiger partial charge in [0, 0.05) is 36.6 Å². The van der Waals surface area contributed by atoms with Gasteiger partial charge in [-0.25, -0.2) is 0 Å². The number of rotatable bonds is 3. The second-order valence-corrected chi connectivity index (χ2v) is 6.78. The molecule has 1 aliphatic rings. The van der Waals surface area contributed by atoms with E-state index in [9.17, 15) is 0 Å². The van der Waals surface area contributed by atoms with Crippen LogP contribution in [0.2, 0.25) is 0 Å². The molecule has 0 spiro atoms. The lowest BCUT2D eigenvalue weighted by atomic mass is 9.82. The maximum atomic E-state index is 4.29. The molecular formula is C13H23N3S. The lowest BCUT2D eigenvalue weighted by molar-refractivity contribution is 0.245. The Morgan fingerprint density at radius 1 is 1.59 bits per heavy atom. The Kier molecular flexibility index (Phi) is 3.83. The highest BCUT2D eigenvalue weighted by molar-refractivity contribution is 7.99. The first-order valence-electron chi connectivity index (χ1n) is 6.29. The SMILES string of the molecule is Cc1c(CNC2CSCCC2(C)C)cnn1C. The molecular weight excluding hydrogens is 230 g/mol. The first-order chi connectivity index (χ1) is 8.00. The van der Waals surface area contributed by atoms with Gasteiger partial charge in [0.2, 0.25) is 0 Å². The van der Waals surface area contributed by atoms with E-state index >= 15 is 0 Å². The minimum atomic E-state index is 0.418. The smallest absolute Gasteiger partial charge is 0.0537 e. The van der Waals surface area contributed by atoms with E-state index in [1.54, 1.807) is 0 Å². The average Bonchev–Trinajstić information content (AvgIpc) is 2.58. The lowest BCUT2D eigenvalue weighted by Gasteiger charge is -2.38. The molecule has 2 rings (SSSR count). The number of nitrogens with one attached hydrogen (secondary N) is 1. The third-order valence-electron chi connectivity index (χ3n) is 3.99. The van der Waals surface area contributed by atoms with E-state index in [-0.39, 0.29) is 0 Å². The molecule has 1 saturated heterocycles. The molecule has 1 fully saturated rings. The molecule has 0 amide bonds. The summed E-state index contributed by atoms with van der Waals surface area (Å²) >= 11 is 2.07. The number of aromatic nitrogens is 2. The fourth-order valence-corrected chi connectivity index (χ4v) is 3.86. The van der Waals surface area contributed by atoms with Crippen LogP contribution in [0, 0.1) is 12.3 Å². The van der Waals surface area contributed by atoms with Crippen LogP contribution in [-0.4, -0.2) is 27.3 Å². The summed E-state index contributed by atoms with van der Waals surface area (Å²) in [5.74, 6) is 2.53. The predicted octanol–water partition coefficient (Wildman–Crippen LogP) is 2.35. The van der Waals surface area contributed by atoms with Crippen molar-refractivity contribution in [2.45, 2.75) is 39.8 Å². The minimum Gasteiger partial charge on any atom is -0.308 e. The zero-order chi connectivity index (χ0) is 12.5. The van der Waals surface area contributed by atoms with E-state index in [4.69, 9.17) is 0 Å². The Labute approximate surface area is 108 Å². The second-order valence-electron chi connectivity index (χ2n) is 5.63. The van der Waals surface area contributed by atoms with Crippen LogP contribution in [0.3, 0.4) is 0 Å². The summed E-state index contributed by atoms with van der Waals surface area (Å²) in [7, 11) is 2.00. The molecule has 3 nitrogen and oxygen atoms in total. The summed E-state index contributed by atoms with van der Waals surface area (Å²) in [6, 6.07) is 0.612. The molecule has 1 atom stereocenters. The first-order valence-corrected chi connectivity index (χ1v) is 7.45. The summed E-state index contributed by atoms with van der Waals surface area (Å²) in [4.78, 5) is 0. The highest BCUT2D eigenvalue weighted by Gasteiger charge is 2.32. The van der Waals surface area contributed by atoms with Crippen LogP contribution in [0.1, 0.15) is 31.5 Å². The average molecular weight is 253 g/mol. The van der Waals surface area contributed by atoms with Crippen LogP contribution in [-0.2, 0) is 13.6 Å². The van der Waals surface area contributed by atoms with Crippen molar-refractivity contribution in [2.24, 2.45) is 12.5 Å². The van der Waals surface area contributed by atoms with Gasteiger partial charge in [0.15, 0.2) is 0 Å². The molecule has 2 heterocycles. The fraction of sp³-hybridized carbons (Fsp3) is 0.769. The van der Waals surface area contributed by atoms with Crippen LogP contribution in [0.4, 0.5) is 0 Å². The number of hydrogen-bond acceptors (Lipinski definition) is 3. The molecule has 0 aliphatic carbocycles. The van der Waals surface area contributed by atoms with Crippen LogP contribution >= 0.6 is 11.8 Å². The van der Waals surface area contributed by atoms with Crippen molar-refractivity contribution in [3.8, 4) is 0 Å². The third kappa shape index (κ3) is 2.86. The van der Waals surface area contributed by atoms with Crippen LogP contribution in [0.5, 0.6) is 0 Å². The van der Waals surface area contributed by atoms with E-state index in [1.807, 2.05) is 17.9 Å². The lowest BCUT2D eigenvalue weighted by Crippen LogP contribution is -2.46. The molecule has 1 N–H and O–H groups in total. The highest BCUT2D eigenvalue weighted by atomic mass is 32.2. The molecule has 96 valence electrons. The molecule has 1 aliphatic heterocycles. The van der Waals surface area contributed by atoms with Gasteiger partial charge in [-0.15, -0.1) is 0 Å². The maximum absolute atomic E-state index is 4.29. The minimum absolute atomic E-state index is 0.418. The zero-order valence-corrected chi connectivity index (χ0v) is 12.1. The van der Waals surface area contributed by atoms with E-state index in [2.05, 4.69) is 42.9 Å². The van der Waals surface area contributed by atoms with Crippen LogP contribution < -0.4 is 5.32 Å². The van der Waals surface area contributed by atoms with Crippen molar-refractivity contribution in [1.29, 1.82) is 0 Å². The number of hydrogen-bond donors (Lipinski definition) is 1. The first kappa shape index (κ1) is 13.0. The maximum Gasteiger partial charge on any atom is 0.0537 e. The topological polar surface area (TPSA) is 29.9 Å². The van der Waals surface area contributed by atoms with Crippen molar-refractivity contribution < 1.29 is 0 Å². The Balaban J connectivity index is 1.95. The van der Waals surface area contributed by atoms with Crippen molar-refractivity contribution in [2.75, 3.05) is 11.5 Å². The largest absolute Gasteiger partial charge is 0.308 e. The van der Waals surface area contributed by atoms with Crippen molar-refractivity contribution in [3.63, 3.8) is 0 Å². The normalized spacial score (nSPS) is 23.9. The molecule has 17 heavy (non-hydrogen) atoms. The van der Waals surface area contributed by atoms with Gasteiger partial charge in [0.25, 0.3) is 0 Å². The van der Waals surface area contributed by atoms with Gasteiger partial charge in [-0.3, -0.25) is 4.68 Å². The van der Waals surface area contributed by atoms with E-state index < -0.39 is 0 Å². The Morgan fingerprint density at radius 2 is 2.35 bits per heavy atom. The molecule has 0 bridgehead atoms. The van der Waals surface area contributed by atoms with Gasteiger partial charge in [-0.05, 0) is 24.5 Å². The number of aryl methyl sites for hydroxylation is 1. The van der Waals surface area contributed by atoms with Gasteiger partial charge in [-0.1, -0.05) is 13.8 Å². The summed E-state index contributed by atoms with van der Waals surface area (Å²) in [5, 5.41) is 8.00. The monoisotopic (exact) mass is 253 g/mol. The fourth-order valence-electron chi connectivity index (χ4n) is 2.22. The van der Waals surface area contributed by atoms with Crippen molar-refractivity contribution in [3.05, 3.63) is 17.5 Å². The summed E-state index contributed by atoms with van der Waals surface area (Å²) < 4.78 is 1.94. The van der Waals surface area contributed by atoms with Gasteiger partial charge in [0.05, 0.1) is 6.20 Å². The van der Waals surface area contributed by atoms with E-state index in [0.717, 1.165) is 6.54 Å². The van der Waals surface area contributed by atoms with Gasteiger partial charge >= 0.3 is 0 Å². The molecule has 0 aromatic carbocycles. The standard InChI is InChI=1S/C13H23N3S/c1-10-11(8-15-16(10)4)7-14-12-9-17-6-5-13(12,2)3/h8,12,14H,5-7,9H2,1-4H3. The quantitative estimate of drug-likeness (QED) is 0.897. The van der Waals surface area contributed by atoms with Gasteiger partial charge in [0.1, 0.15) is 0 Å². The van der Waals surface area contributed by atoms with Crippen molar-refractivity contribution >= 4 is 11.8 Å². The third-order valence-corrected chi connectivity index (χ3v) is 5.06. The highest BCUT2D eigenvalue weighted by Crippen LogP contribution is 2.34. The Hall–Kier alpha value is -0.480. The predicted molar refractivity (Wildman–Crippen MR) is 74.3 cm³/mol. The summed E-state index contributed by atoms with van der Waals surface area (Å²) in [6.45, 7) is 7.82. The summed E-state index contributed by atoms with van der Waals surface area (Å²) in [6.07, 6.45) is 3.28. The Morgan fingerprint density at radius 3 is 2.94 bits per heavy atom. The second kappa shape index (κ2) is 5.02. The summed E-state index contributed by atoms with van der Waals surface area (Å²) in [5.41, 5.74) is 3.00. The van der Waals surface area contributed by atoms with E-state index in [0.29, 0.717) is 11.5 Å². The molecule has 4 heteroatoms. The molecule has 1 aromatic rings. The van der Waals surface area contributed by atoms with Gasteiger partial charge < -0.3 is 5.32 Å². The zero-order valence-electron chi connectivity index (χ0n) is 11.3. The van der Waals surface area contributed by atoms with E-state index in [1.165, 1.54) is 29.2 Å². The van der Waals surface area contributed by atoms with Crippen LogP contribution in [0.15, 0.2) is 6.20 Å². The Bertz CT molecular complexity index is 384. The molecule has 1 aromatic heterocycles.